The number of benzene rings is 4. The van der Waals surface area contributed by atoms with Crippen molar-refractivity contribution in [1.29, 1.82) is 0 Å². The Hall–Kier alpha value is -2.73. The van der Waals surface area contributed by atoms with Crippen LogP contribution in [0.1, 0.15) is 103 Å². The molecule has 4 aliphatic carbocycles. The zero-order chi connectivity index (χ0) is 36.3. The van der Waals surface area contributed by atoms with Crippen LogP contribution in [-0.4, -0.2) is 25.8 Å². The minimum atomic E-state index is 0. The number of aryl methyl sites for hydroxylation is 2. The van der Waals surface area contributed by atoms with E-state index in [9.17, 15) is 0 Å². The van der Waals surface area contributed by atoms with E-state index in [1.165, 1.54) is 73.6 Å². The molecule has 3 heteroatoms. The first-order valence-electron chi connectivity index (χ1n) is 21.2. The molecule has 4 aromatic rings. The van der Waals surface area contributed by atoms with Crippen LogP contribution in [0.4, 0.5) is 0 Å². The molecular formula is C55H74BNZr. The topological polar surface area (TPSA) is 3.24 Å². The number of fused-ring (bicyclic) bond motifs is 6. The van der Waals surface area contributed by atoms with Gasteiger partial charge in [0.25, 0.3) is 0 Å². The molecule has 0 amide bonds. The molecule has 9 rings (SSSR count). The fourth-order valence-electron chi connectivity index (χ4n) is 13.1. The molecule has 4 saturated carbocycles. The standard InChI is InChI=1S/C35H48BN.C16H14.4CH3.Zr/c1-22-11-5-7-13-26(22)28-15-9-17-30-32(28)20-24-19-25-21-33-29(27-14-8-6-12-23(27)2)16-10-18-31(33)35(25)36(34(24)30)37(3)4;1-3-9-15(10-4-1)13-7-8-14-16-11-5-2-6-12-16;;;;;/h5-8,11-14,24-25,28-35H,9-10,15-21H2,1-4H3;1-14H;4*1H3;/q;;4*-1;+4/b;13-7+,14-8+;;;;;. The summed E-state index contributed by atoms with van der Waals surface area (Å²) in [6.07, 6.45) is 21.6. The van der Waals surface area contributed by atoms with Gasteiger partial charge in [-0.3, -0.25) is 0 Å². The Kier molecular flexibility index (Phi) is 19.5. The van der Waals surface area contributed by atoms with Crippen LogP contribution in [0.2, 0.25) is 11.6 Å². The average Bonchev–Trinajstić information content (AvgIpc) is 3.75. The van der Waals surface area contributed by atoms with Crippen molar-refractivity contribution in [2.45, 2.75) is 95.1 Å². The number of nitrogens with zero attached hydrogens (tertiary/aromatic N) is 1. The van der Waals surface area contributed by atoms with Gasteiger partial charge in [-0.05, 0) is 152 Å². The summed E-state index contributed by atoms with van der Waals surface area (Å²) in [5, 5.41) is 0. The zero-order valence-corrected chi connectivity index (χ0v) is 39.8. The molecule has 58 heavy (non-hydrogen) atoms. The van der Waals surface area contributed by atoms with E-state index in [-0.39, 0.29) is 55.9 Å². The Bertz CT molecular complexity index is 1720. The summed E-state index contributed by atoms with van der Waals surface area (Å²) in [4.78, 5) is 2.74. The van der Waals surface area contributed by atoms with E-state index in [4.69, 9.17) is 0 Å². The van der Waals surface area contributed by atoms with Gasteiger partial charge in [-0.1, -0.05) is 159 Å². The molecule has 0 bridgehead atoms. The second kappa shape index (κ2) is 22.8. The molecule has 0 aromatic heterocycles. The maximum Gasteiger partial charge on any atom is 4.00 e. The molecule has 1 heterocycles. The molecule has 10 unspecified atom stereocenters. The normalized spacial score (nSPS) is 29.1. The Balaban J connectivity index is 0.000000368. The molecule has 5 fully saturated rings. The van der Waals surface area contributed by atoms with E-state index < -0.39 is 0 Å². The van der Waals surface area contributed by atoms with Gasteiger partial charge in [0, 0.05) is 0 Å². The number of hydrogen-bond donors (Lipinski definition) is 0. The summed E-state index contributed by atoms with van der Waals surface area (Å²) < 4.78 is 0. The Labute approximate surface area is 376 Å². The smallest absolute Gasteiger partial charge is 0.358 e. The van der Waals surface area contributed by atoms with Gasteiger partial charge in [0.15, 0.2) is 0 Å². The molecular weight excluding hydrogens is 777 g/mol. The van der Waals surface area contributed by atoms with Gasteiger partial charge in [0.1, 0.15) is 0 Å². The fourth-order valence-corrected chi connectivity index (χ4v) is 13.1. The largest absolute Gasteiger partial charge is 4.00 e. The fraction of sp³-hybridized carbons (Fsp3) is 0.418. The van der Waals surface area contributed by atoms with Crippen molar-refractivity contribution < 1.29 is 26.2 Å². The van der Waals surface area contributed by atoms with Gasteiger partial charge in [-0.25, -0.2) is 0 Å². The molecule has 5 aliphatic rings. The van der Waals surface area contributed by atoms with Crippen molar-refractivity contribution in [3.05, 3.63) is 184 Å². The average molecular weight is 851 g/mol. The van der Waals surface area contributed by atoms with Gasteiger partial charge in [-0.2, -0.15) is 0 Å². The summed E-state index contributed by atoms with van der Waals surface area (Å²) in [5.41, 5.74) is 8.89. The van der Waals surface area contributed by atoms with Crippen molar-refractivity contribution in [3.63, 3.8) is 0 Å². The summed E-state index contributed by atoms with van der Waals surface area (Å²) in [6.45, 7) is 5.53. The SMILES string of the molecule is C(/C=C/c1ccccc1)=C\c1ccccc1.Cc1ccccc1C1CCCC2C1CC1CC3CC4C(c5ccccc5C)CCCC4C3B(N(C)C)C12.[CH3-].[CH3-].[CH3-].[CH3-].[Zr+4]. The van der Waals surface area contributed by atoms with Crippen LogP contribution in [0.15, 0.2) is 121 Å². The molecule has 1 saturated heterocycles. The van der Waals surface area contributed by atoms with Crippen molar-refractivity contribution in [2.24, 2.45) is 35.5 Å². The maximum absolute atomic E-state index is 2.74. The monoisotopic (exact) mass is 849 g/mol. The van der Waals surface area contributed by atoms with Gasteiger partial charge < -0.3 is 34.5 Å². The Morgan fingerprint density at radius 2 is 0.862 bits per heavy atom. The predicted octanol–water partition coefficient (Wildman–Crippen LogP) is 15.0. The van der Waals surface area contributed by atoms with Crippen LogP contribution >= 0.6 is 0 Å². The molecule has 10 atom stereocenters. The van der Waals surface area contributed by atoms with Crippen molar-refractivity contribution >= 4 is 19.0 Å². The van der Waals surface area contributed by atoms with Crippen LogP contribution in [0.5, 0.6) is 0 Å². The third-order valence-electron chi connectivity index (χ3n) is 14.9. The summed E-state index contributed by atoms with van der Waals surface area (Å²) in [7, 11) is 4.90. The zero-order valence-electron chi connectivity index (χ0n) is 37.4. The van der Waals surface area contributed by atoms with E-state index in [0.717, 1.165) is 65.8 Å². The van der Waals surface area contributed by atoms with Gasteiger partial charge in [0.05, 0.1) is 0 Å². The molecule has 306 valence electrons. The van der Waals surface area contributed by atoms with Crippen LogP contribution in [0.3, 0.4) is 0 Å². The van der Waals surface area contributed by atoms with Gasteiger partial charge in [0.2, 0.25) is 6.85 Å². The molecule has 0 spiro atoms. The van der Waals surface area contributed by atoms with E-state index in [2.05, 4.69) is 130 Å². The predicted molar refractivity (Wildman–Crippen MR) is 254 cm³/mol. The first-order chi connectivity index (χ1) is 26.0. The van der Waals surface area contributed by atoms with Crippen LogP contribution in [0, 0.1) is 79.1 Å². The third-order valence-corrected chi connectivity index (χ3v) is 14.9. The van der Waals surface area contributed by atoms with E-state index >= 15 is 0 Å². The molecule has 0 N–H and O–H groups in total. The van der Waals surface area contributed by atoms with Crippen LogP contribution in [-0.2, 0) is 26.2 Å². The molecule has 1 aliphatic heterocycles. The Morgan fingerprint density at radius 3 is 1.24 bits per heavy atom. The number of allylic oxidation sites excluding steroid dienone is 2. The number of hydrogen-bond acceptors (Lipinski definition) is 1. The molecule has 1 nitrogen and oxygen atoms in total. The maximum atomic E-state index is 2.74. The second-order valence-electron chi connectivity index (χ2n) is 17.8. The third kappa shape index (κ3) is 10.4. The van der Waals surface area contributed by atoms with Crippen LogP contribution < -0.4 is 0 Å². The summed E-state index contributed by atoms with van der Waals surface area (Å²) in [6, 6.07) is 39.3. The van der Waals surface area contributed by atoms with Crippen molar-refractivity contribution in [2.75, 3.05) is 14.1 Å². The van der Waals surface area contributed by atoms with Gasteiger partial charge in [-0.15, -0.1) is 0 Å². The van der Waals surface area contributed by atoms with E-state index in [1.807, 2.05) is 36.4 Å². The first kappa shape index (κ1) is 49.6. The minimum Gasteiger partial charge on any atom is -0.358 e. The first-order valence-corrected chi connectivity index (χ1v) is 21.2. The van der Waals surface area contributed by atoms with E-state index in [0.29, 0.717) is 0 Å². The van der Waals surface area contributed by atoms with Crippen molar-refractivity contribution in [1.82, 2.24) is 4.81 Å². The van der Waals surface area contributed by atoms with E-state index in [1.54, 1.807) is 17.5 Å². The minimum absolute atomic E-state index is 0. The molecule has 4 aromatic carbocycles. The Morgan fingerprint density at radius 1 is 0.483 bits per heavy atom. The van der Waals surface area contributed by atoms with Crippen LogP contribution in [0.25, 0.3) is 12.2 Å². The summed E-state index contributed by atoms with van der Waals surface area (Å²) >= 11 is 0. The van der Waals surface area contributed by atoms with Crippen molar-refractivity contribution in [3.8, 4) is 0 Å². The number of rotatable bonds is 6. The van der Waals surface area contributed by atoms with Gasteiger partial charge >= 0.3 is 26.2 Å². The molecule has 0 radical (unpaired) electrons. The quantitative estimate of drug-likeness (QED) is 0.106. The second-order valence-corrected chi connectivity index (χ2v) is 17.8. The summed E-state index contributed by atoms with van der Waals surface area (Å²) in [5.74, 6) is 9.16.